The Morgan fingerprint density at radius 3 is 2.67 bits per heavy atom. The Morgan fingerprint density at radius 1 is 1.11 bits per heavy atom. The molecular weight excluding hydrogens is 342 g/mol. The van der Waals surface area contributed by atoms with Crippen LogP contribution in [0.25, 0.3) is 10.9 Å². The number of aromatic nitrogens is 1. The summed E-state index contributed by atoms with van der Waals surface area (Å²) in [6.07, 6.45) is 6.09. The maximum absolute atomic E-state index is 12.2. The van der Waals surface area contributed by atoms with Crippen molar-refractivity contribution in [2.24, 2.45) is 0 Å². The number of nitrogens with one attached hydrogen (secondary N) is 3. The summed E-state index contributed by atoms with van der Waals surface area (Å²) in [5, 5.41) is 6.56. The summed E-state index contributed by atoms with van der Waals surface area (Å²) in [5.74, 6) is -0.369. The van der Waals surface area contributed by atoms with Gasteiger partial charge in [0.05, 0.1) is 6.54 Å². The van der Waals surface area contributed by atoms with Crippen LogP contribution in [-0.2, 0) is 16.0 Å². The minimum absolute atomic E-state index is 0.0112. The first-order chi connectivity index (χ1) is 13.0. The molecule has 6 nitrogen and oxygen atoms in total. The van der Waals surface area contributed by atoms with Gasteiger partial charge in [-0.2, -0.15) is 0 Å². The Morgan fingerprint density at radius 2 is 1.89 bits per heavy atom. The van der Waals surface area contributed by atoms with Crippen LogP contribution >= 0.6 is 0 Å². The number of rotatable bonds is 6. The van der Waals surface area contributed by atoms with E-state index < -0.39 is 0 Å². The molecule has 0 spiro atoms. The van der Waals surface area contributed by atoms with Gasteiger partial charge in [0.1, 0.15) is 0 Å². The molecule has 1 aliphatic carbocycles. The van der Waals surface area contributed by atoms with E-state index in [4.69, 9.17) is 0 Å². The molecule has 0 atom stereocenters. The lowest BCUT2D eigenvalue weighted by Gasteiger charge is -2.22. The lowest BCUT2D eigenvalue weighted by molar-refractivity contribution is -0.126. The number of carbonyl (C=O) groups excluding carboxylic acids is 2. The zero-order valence-electron chi connectivity index (χ0n) is 15.8. The fourth-order valence-corrected chi connectivity index (χ4v) is 3.59. The highest BCUT2D eigenvalue weighted by Crippen LogP contribution is 2.17. The van der Waals surface area contributed by atoms with E-state index in [1.807, 2.05) is 31.2 Å². The fraction of sp³-hybridized carbons (Fsp3) is 0.476. The number of hydrogen-bond donors (Lipinski definition) is 3. The Labute approximate surface area is 158 Å². The van der Waals surface area contributed by atoms with Crippen molar-refractivity contribution in [2.75, 3.05) is 6.54 Å². The molecule has 2 amide bonds. The molecule has 0 bridgehead atoms. The van der Waals surface area contributed by atoms with Crippen molar-refractivity contribution in [3.05, 3.63) is 45.7 Å². The Bertz CT molecular complexity index is 882. The number of carbonyl (C=O) groups is 2. The minimum atomic E-state index is -0.225. The van der Waals surface area contributed by atoms with Crippen molar-refractivity contribution in [3.63, 3.8) is 0 Å². The Kier molecular flexibility index (Phi) is 6.27. The van der Waals surface area contributed by atoms with Crippen LogP contribution in [-0.4, -0.2) is 29.4 Å². The van der Waals surface area contributed by atoms with Gasteiger partial charge in [-0.3, -0.25) is 14.4 Å². The van der Waals surface area contributed by atoms with E-state index in [0.717, 1.165) is 42.1 Å². The molecule has 1 heterocycles. The van der Waals surface area contributed by atoms with Crippen LogP contribution in [0.1, 0.15) is 49.7 Å². The van der Waals surface area contributed by atoms with Gasteiger partial charge >= 0.3 is 0 Å². The molecule has 1 saturated carbocycles. The number of benzene rings is 1. The Hall–Kier alpha value is -2.63. The maximum atomic E-state index is 12.2. The highest BCUT2D eigenvalue weighted by molar-refractivity contribution is 5.85. The second kappa shape index (κ2) is 8.84. The van der Waals surface area contributed by atoms with Crippen LogP contribution in [0.3, 0.4) is 0 Å². The molecule has 2 aromatic rings. The number of aromatic amines is 1. The molecular formula is C21H27N3O3. The van der Waals surface area contributed by atoms with Crippen LogP contribution in [0.5, 0.6) is 0 Å². The Balaban J connectivity index is 1.48. The predicted molar refractivity (Wildman–Crippen MR) is 106 cm³/mol. The van der Waals surface area contributed by atoms with E-state index in [2.05, 4.69) is 15.6 Å². The van der Waals surface area contributed by atoms with E-state index in [9.17, 15) is 14.4 Å². The second-order valence-electron chi connectivity index (χ2n) is 7.39. The molecule has 144 valence electrons. The molecule has 1 aromatic carbocycles. The highest BCUT2D eigenvalue weighted by atomic mass is 16.2. The summed E-state index contributed by atoms with van der Waals surface area (Å²) < 4.78 is 0. The zero-order chi connectivity index (χ0) is 19.2. The van der Waals surface area contributed by atoms with Gasteiger partial charge in [0.15, 0.2) is 0 Å². The predicted octanol–water partition coefficient (Wildman–Crippen LogP) is 2.33. The fourth-order valence-electron chi connectivity index (χ4n) is 3.59. The average Bonchev–Trinajstić information content (AvgIpc) is 2.65. The van der Waals surface area contributed by atoms with Crippen molar-refractivity contribution < 1.29 is 9.59 Å². The number of H-pyrrole nitrogens is 1. The van der Waals surface area contributed by atoms with Crippen LogP contribution in [0.2, 0.25) is 0 Å². The molecule has 1 aromatic heterocycles. The van der Waals surface area contributed by atoms with E-state index in [1.165, 1.54) is 6.42 Å². The molecule has 0 saturated heterocycles. The summed E-state index contributed by atoms with van der Waals surface area (Å²) in [6, 6.07) is 7.94. The molecule has 3 N–H and O–H groups in total. The van der Waals surface area contributed by atoms with Gasteiger partial charge in [-0.25, -0.2) is 0 Å². The maximum Gasteiger partial charge on any atom is 0.251 e. The van der Waals surface area contributed by atoms with E-state index in [1.54, 1.807) is 0 Å². The largest absolute Gasteiger partial charge is 0.352 e. The molecule has 0 radical (unpaired) electrons. The normalized spacial score (nSPS) is 14.9. The lowest BCUT2D eigenvalue weighted by atomic mass is 9.95. The molecule has 0 unspecified atom stereocenters. The summed E-state index contributed by atoms with van der Waals surface area (Å²) in [7, 11) is 0. The third kappa shape index (κ3) is 5.42. The summed E-state index contributed by atoms with van der Waals surface area (Å²) in [6.45, 7) is 1.96. The minimum Gasteiger partial charge on any atom is -0.352 e. The zero-order valence-corrected chi connectivity index (χ0v) is 15.8. The molecule has 1 aliphatic rings. The number of hydrogen-bond acceptors (Lipinski definition) is 3. The summed E-state index contributed by atoms with van der Waals surface area (Å²) in [5.41, 5.74) is 2.29. The van der Waals surface area contributed by atoms with Crippen LogP contribution < -0.4 is 16.2 Å². The van der Waals surface area contributed by atoms with Gasteiger partial charge < -0.3 is 15.6 Å². The van der Waals surface area contributed by atoms with Crippen molar-refractivity contribution in [2.45, 2.75) is 57.9 Å². The first-order valence-electron chi connectivity index (χ1n) is 9.70. The average molecular weight is 369 g/mol. The van der Waals surface area contributed by atoms with Gasteiger partial charge in [-0.05, 0) is 49.3 Å². The molecule has 6 heteroatoms. The smallest absolute Gasteiger partial charge is 0.251 e. The first kappa shape index (κ1) is 19.1. The quantitative estimate of drug-likeness (QED) is 0.730. The topological polar surface area (TPSA) is 91.1 Å². The molecule has 1 fully saturated rings. The lowest BCUT2D eigenvalue weighted by Crippen LogP contribution is -2.42. The van der Waals surface area contributed by atoms with Crippen molar-refractivity contribution in [1.29, 1.82) is 0 Å². The van der Waals surface area contributed by atoms with E-state index in [0.29, 0.717) is 12.0 Å². The van der Waals surface area contributed by atoms with Crippen molar-refractivity contribution >= 4 is 22.7 Å². The van der Waals surface area contributed by atoms with Crippen LogP contribution in [0.15, 0.2) is 29.1 Å². The van der Waals surface area contributed by atoms with Crippen molar-refractivity contribution in [3.8, 4) is 0 Å². The monoisotopic (exact) mass is 369 g/mol. The molecule has 3 rings (SSSR count). The van der Waals surface area contributed by atoms with Crippen LogP contribution in [0.4, 0.5) is 0 Å². The van der Waals surface area contributed by atoms with E-state index in [-0.39, 0.29) is 36.4 Å². The highest BCUT2D eigenvalue weighted by Gasteiger charge is 2.16. The van der Waals surface area contributed by atoms with Crippen molar-refractivity contribution in [1.82, 2.24) is 15.6 Å². The van der Waals surface area contributed by atoms with Gasteiger partial charge in [-0.1, -0.05) is 31.4 Å². The van der Waals surface area contributed by atoms with Gasteiger partial charge in [0.25, 0.3) is 5.56 Å². The van der Waals surface area contributed by atoms with Gasteiger partial charge in [0.2, 0.25) is 11.8 Å². The van der Waals surface area contributed by atoms with E-state index >= 15 is 0 Å². The van der Waals surface area contributed by atoms with Crippen LogP contribution in [0, 0.1) is 6.92 Å². The third-order valence-corrected chi connectivity index (χ3v) is 5.12. The number of aryl methyl sites for hydroxylation is 2. The summed E-state index contributed by atoms with van der Waals surface area (Å²) in [4.78, 5) is 39.0. The number of pyridine rings is 1. The SMILES string of the molecule is Cc1ccc2cc(CCC(=O)NCC(=O)NC3CCCCC3)c(=O)[nH]c2c1. The standard InChI is InChI=1S/C21H27N3O3/c1-14-7-8-15-12-16(21(27)24-18(15)11-14)9-10-19(25)22-13-20(26)23-17-5-3-2-4-6-17/h7-8,11-12,17H,2-6,9-10,13H2,1H3,(H,22,25)(H,23,26)(H,24,27). The molecule has 0 aliphatic heterocycles. The third-order valence-electron chi connectivity index (χ3n) is 5.12. The summed E-state index contributed by atoms with van der Waals surface area (Å²) >= 11 is 0. The number of amides is 2. The number of fused-ring (bicyclic) bond motifs is 1. The second-order valence-corrected chi connectivity index (χ2v) is 7.39. The molecule has 27 heavy (non-hydrogen) atoms. The van der Waals surface area contributed by atoms with Gasteiger partial charge in [-0.15, -0.1) is 0 Å². The van der Waals surface area contributed by atoms with Gasteiger partial charge in [0, 0.05) is 23.5 Å². The first-order valence-corrected chi connectivity index (χ1v) is 9.70.